The Balaban J connectivity index is 2.08. The van der Waals surface area contributed by atoms with Crippen molar-refractivity contribution in [1.82, 2.24) is 9.55 Å². The lowest BCUT2D eigenvalue weighted by Crippen LogP contribution is -1.96. The van der Waals surface area contributed by atoms with Gasteiger partial charge in [-0.15, -0.1) is 0 Å². The largest absolute Gasteiger partial charge is 0.490 e. The van der Waals surface area contributed by atoms with Crippen LogP contribution in [0.1, 0.15) is 20.8 Å². The maximum absolute atomic E-state index is 5.65. The number of nitrogens with zero attached hydrogens (tertiary/aromatic N) is 2. The molecule has 0 fully saturated rings. The zero-order valence-corrected chi connectivity index (χ0v) is 11.8. The minimum Gasteiger partial charge on any atom is -0.490 e. The van der Waals surface area contributed by atoms with Crippen molar-refractivity contribution in [2.24, 2.45) is 0 Å². The van der Waals surface area contributed by atoms with Crippen molar-refractivity contribution >= 4 is 0 Å². The van der Waals surface area contributed by atoms with E-state index in [4.69, 9.17) is 4.74 Å². The van der Waals surface area contributed by atoms with E-state index in [0.717, 1.165) is 23.6 Å². The van der Waals surface area contributed by atoms with Gasteiger partial charge in [-0.2, -0.15) is 0 Å². The Bertz CT molecular complexity index is 548. The molecule has 0 bridgehead atoms. The van der Waals surface area contributed by atoms with Gasteiger partial charge in [0.05, 0.1) is 18.2 Å². The third-order valence-corrected chi connectivity index (χ3v) is 2.94. The molecule has 1 aromatic carbocycles. The van der Waals surface area contributed by atoms with E-state index in [1.165, 1.54) is 5.57 Å². The van der Waals surface area contributed by atoms with E-state index in [-0.39, 0.29) is 0 Å². The smallest absolute Gasteiger partial charge is 0.119 e. The predicted molar refractivity (Wildman–Crippen MR) is 78.3 cm³/mol. The predicted octanol–water partition coefficient (Wildman–Crippen LogP) is 3.92. The van der Waals surface area contributed by atoms with Crippen LogP contribution in [0.5, 0.6) is 5.75 Å². The van der Waals surface area contributed by atoms with Crippen molar-refractivity contribution in [3.05, 3.63) is 48.4 Å². The number of rotatable bonds is 5. The van der Waals surface area contributed by atoms with Crippen LogP contribution in [0, 0.1) is 0 Å². The van der Waals surface area contributed by atoms with Crippen molar-refractivity contribution in [3.63, 3.8) is 0 Å². The van der Waals surface area contributed by atoms with Crippen molar-refractivity contribution in [3.8, 4) is 17.0 Å². The maximum Gasteiger partial charge on any atom is 0.119 e. The Hall–Kier alpha value is -2.03. The highest BCUT2D eigenvalue weighted by Gasteiger charge is 2.03. The molecule has 2 rings (SSSR count). The molecule has 1 aromatic heterocycles. The van der Waals surface area contributed by atoms with Gasteiger partial charge >= 0.3 is 0 Å². The SMILES string of the molecule is CCn1cncc1-c1ccc(OCC=C(C)C)cc1. The summed E-state index contributed by atoms with van der Waals surface area (Å²) in [4.78, 5) is 4.18. The lowest BCUT2D eigenvalue weighted by atomic mass is 10.1. The summed E-state index contributed by atoms with van der Waals surface area (Å²) < 4.78 is 7.77. The fraction of sp³-hybridized carbons (Fsp3) is 0.312. The molecule has 0 saturated heterocycles. The molecule has 0 unspecified atom stereocenters. The summed E-state index contributed by atoms with van der Waals surface area (Å²) in [6, 6.07) is 8.14. The third kappa shape index (κ3) is 3.47. The number of hydrogen-bond acceptors (Lipinski definition) is 2. The van der Waals surface area contributed by atoms with Crippen LogP contribution < -0.4 is 4.74 Å². The first kappa shape index (κ1) is 13.4. The second kappa shape index (κ2) is 6.23. The van der Waals surface area contributed by atoms with Crippen LogP contribution in [0.2, 0.25) is 0 Å². The highest BCUT2D eigenvalue weighted by atomic mass is 16.5. The normalized spacial score (nSPS) is 10.3. The monoisotopic (exact) mass is 256 g/mol. The van der Waals surface area contributed by atoms with Crippen molar-refractivity contribution in [2.75, 3.05) is 6.61 Å². The molecule has 19 heavy (non-hydrogen) atoms. The number of allylic oxidation sites excluding steroid dienone is 1. The van der Waals surface area contributed by atoms with Crippen molar-refractivity contribution in [2.45, 2.75) is 27.3 Å². The number of imidazole rings is 1. The van der Waals surface area contributed by atoms with Gasteiger partial charge in [0.2, 0.25) is 0 Å². The van der Waals surface area contributed by atoms with Gasteiger partial charge in [-0.1, -0.05) is 5.57 Å². The van der Waals surface area contributed by atoms with Gasteiger partial charge in [0.25, 0.3) is 0 Å². The summed E-state index contributed by atoms with van der Waals surface area (Å²) in [5.74, 6) is 0.892. The average molecular weight is 256 g/mol. The van der Waals surface area contributed by atoms with Crippen LogP contribution in [0.3, 0.4) is 0 Å². The Kier molecular flexibility index (Phi) is 4.39. The minimum absolute atomic E-state index is 0.620. The summed E-state index contributed by atoms with van der Waals surface area (Å²) in [6.45, 7) is 7.79. The van der Waals surface area contributed by atoms with E-state index >= 15 is 0 Å². The van der Waals surface area contributed by atoms with E-state index in [1.807, 2.05) is 24.7 Å². The average Bonchev–Trinajstić information content (AvgIpc) is 2.87. The summed E-state index contributed by atoms with van der Waals surface area (Å²) in [5, 5.41) is 0. The Morgan fingerprint density at radius 2 is 2.00 bits per heavy atom. The number of aromatic nitrogens is 2. The molecule has 3 nitrogen and oxygen atoms in total. The Morgan fingerprint density at radius 3 is 2.63 bits per heavy atom. The Morgan fingerprint density at radius 1 is 1.26 bits per heavy atom. The highest BCUT2D eigenvalue weighted by molar-refractivity contribution is 5.59. The molecular formula is C16H20N2O. The summed E-state index contributed by atoms with van der Waals surface area (Å²) in [6.07, 6.45) is 5.82. The molecule has 0 radical (unpaired) electrons. The van der Waals surface area contributed by atoms with Crippen LogP contribution >= 0.6 is 0 Å². The van der Waals surface area contributed by atoms with E-state index in [1.54, 1.807) is 0 Å². The lowest BCUT2D eigenvalue weighted by molar-refractivity contribution is 0.362. The standard InChI is InChI=1S/C16H20N2O/c1-4-18-12-17-11-16(18)14-5-7-15(8-6-14)19-10-9-13(2)3/h5-9,11-12H,4,10H2,1-3H3. The molecule has 0 saturated carbocycles. The number of hydrogen-bond donors (Lipinski definition) is 0. The van der Waals surface area contributed by atoms with Gasteiger partial charge in [0.1, 0.15) is 12.4 Å². The topological polar surface area (TPSA) is 27.1 Å². The van der Waals surface area contributed by atoms with Crippen LogP contribution in [0.15, 0.2) is 48.4 Å². The van der Waals surface area contributed by atoms with E-state index in [0.29, 0.717) is 6.61 Å². The van der Waals surface area contributed by atoms with Crippen molar-refractivity contribution < 1.29 is 4.74 Å². The molecule has 0 spiro atoms. The molecule has 0 atom stereocenters. The van der Waals surface area contributed by atoms with Crippen LogP contribution in [0.4, 0.5) is 0 Å². The molecule has 2 aromatic rings. The van der Waals surface area contributed by atoms with E-state index < -0.39 is 0 Å². The fourth-order valence-corrected chi connectivity index (χ4v) is 1.84. The zero-order chi connectivity index (χ0) is 13.7. The number of benzene rings is 1. The zero-order valence-electron chi connectivity index (χ0n) is 11.8. The summed E-state index contributed by atoms with van der Waals surface area (Å²) >= 11 is 0. The second-order valence-corrected chi connectivity index (χ2v) is 4.68. The first-order chi connectivity index (χ1) is 9.20. The van der Waals surface area contributed by atoms with Gasteiger partial charge in [-0.3, -0.25) is 0 Å². The van der Waals surface area contributed by atoms with Crippen LogP contribution in [0.25, 0.3) is 11.3 Å². The first-order valence-corrected chi connectivity index (χ1v) is 6.57. The number of ether oxygens (including phenoxy) is 1. The molecule has 0 amide bonds. The molecule has 100 valence electrons. The van der Waals surface area contributed by atoms with E-state index in [9.17, 15) is 0 Å². The second-order valence-electron chi connectivity index (χ2n) is 4.68. The molecular weight excluding hydrogens is 236 g/mol. The minimum atomic E-state index is 0.620. The van der Waals surface area contributed by atoms with E-state index in [2.05, 4.69) is 48.5 Å². The van der Waals surface area contributed by atoms with Gasteiger partial charge in [-0.05, 0) is 51.1 Å². The fourth-order valence-electron chi connectivity index (χ4n) is 1.84. The quantitative estimate of drug-likeness (QED) is 0.758. The van der Waals surface area contributed by atoms with Crippen LogP contribution in [-0.4, -0.2) is 16.2 Å². The maximum atomic E-state index is 5.65. The van der Waals surface area contributed by atoms with Crippen LogP contribution in [-0.2, 0) is 6.54 Å². The summed E-state index contributed by atoms with van der Waals surface area (Å²) in [7, 11) is 0. The van der Waals surface area contributed by atoms with Crippen molar-refractivity contribution in [1.29, 1.82) is 0 Å². The molecule has 0 aliphatic carbocycles. The Labute approximate surface area is 114 Å². The molecule has 1 heterocycles. The van der Waals surface area contributed by atoms with Gasteiger partial charge < -0.3 is 9.30 Å². The lowest BCUT2D eigenvalue weighted by Gasteiger charge is -2.07. The summed E-state index contributed by atoms with van der Waals surface area (Å²) in [5.41, 5.74) is 3.57. The number of aryl methyl sites for hydroxylation is 1. The molecule has 3 heteroatoms. The highest BCUT2D eigenvalue weighted by Crippen LogP contribution is 2.22. The van der Waals surface area contributed by atoms with Gasteiger partial charge in [0.15, 0.2) is 0 Å². The third-order valence-electron chi connectivity index (χ3n) is 2.94. The van der Waals surface area contributed by atoms with Gasteiger partial charge in [0, 0.05) is 12.1 Å². The molecule has 0 N–H and O–H groups in total. The molecule has 0 aliphatic heterocycles. The van der Waals surface area contributed by atoms with Gasteiger partial charge in [-0.25, -0.2) is 4.98 Å². The first-order valence-electron chi connectivity index (χ1n) is 6.57. The molecule has 0 aliphatic rings.